The molecule has 9 N–H and O–H groups in total. The number of methoxy groups -OCH3 is 1. The molecule has 2 aromatic carbocycles. The topological polar surface area (TPSA) is 459 Å². The summed E-state index contributed by atoms with van der Waals surface area (Å²) in [5.41, 5.74) is 19.9. The third kappa shape index (κ3) is 28.6. The number of cyclic esters (lactones) is 1. The van der Waals surface area contributed by atoms with Crippen LogP contribution < -0.4 is 37.2 Å². The first kappa shape index (κ1) is 97.7. The molecular weight excluding hydrogens is 1670 g/mol. The monoisotopic (exact) mass is 1790 g/mol. The highest BCUT2D eigenvalue weighted by Crippen LogP contribution is 2.35. The van der Waals surface area contributed by atoms with Crippen LogP contribution in [0.1, 0.15) is 188 Å². The standard InChI is InChI=1S/C95H127N17O18/c1-60-13-8-7-9-14-61(2)82(122-6)50-73-15-12-17-81(127-73)86(117)90(119)112-31-11-10-16-76(112)91(120)128-74(49-77(113)63(4)46-64(5)79(115)51-78(114)62(3)45-60)26-21-65-19-24-72(25-20-65)129-95(121)99-30-38-124-40-42-126-44-43-125-41-39-123-37-29-83(116)100-53-67-54-102-93(103-55-67)109-33-35-110(36-34-109)94-104-56-71(57-105-94)89(118)111-32-28-68-47-66(18-22-70(68)58-111)52-101-88-84(87(97)106-59-107-88)85(96)69-23-27-80-75(48-69)108-92(98)130-80/h7-9,13-14,18,22-23,27,46-48,54-57,59-60,62-63,65,72-74,76,79,81-82,96,115H,10-12,15-17,19-21,24-26,28-45,49-53,58H2,1-6H3,(H2,98,108)(H,99,121)(H,100,116)(H3,97,101,106,107)/b9-7+,13-8+,61-14+,64-46+,96-85?/t60-,62-,63-,65-,72-,73?,74-,76+,79+,81?,82+/m1/s1. The molecule has 700 valence electrons. The Morgan fingerprint density at radius 3 is 2.10 bits per heavy atom. The Bertz CT molecular complexity index is 4950. The van der Waals surface area contributed by atoms with E-state index in [-0.39, 0.29) is 129 Å². The Morgan fingerprint density at radius 1 is 0.669 bits per heavy atom. The molecule has 130 heavy (non-hydrogen) atoms. The van der Waals surface area contributed by atoms with Crippen LogP contribution in [0, 0.1) is 29.1 Å². The zero-order valence-electron chi connectivity index (χ0n) is 75.6. The number of aromatic nitrogens is 7. The van der Waals surface area contributed by atoms with E-state index in [1.54, 1.807) is 70.0 Å². The minimum atomic E-state index is -1.09. The molecular formula is C95H127N17O18. The van der Waals surface area contributed by atoms with Gasteiger partial charge in [0.25, 0.3) is 17.8 Å². The van der Waals surface area contributed by atoms with Crippen LogP contribution in [0.2, 0.25) is 0 Å². The number of piperidine rings is 1. The number of fused-ring (bicyclic) bond motifs is 5. The normalized spacial score (nSPS) is 24.6. The van der Waals surface area contributed by atoms with Crippen LogP contribution in [0.25, 0.3) is 11.1 Å². The molecule has 4 amide bonds. The number of Topliss-reactive ketones (excluding diaryl/α,β-unsaturated/α-hetero) is 3. The average molecular weight is 1800 g/mol. The quantitative estimate of drug-likeness (QED) is 0.00724. The number of nitrogen functional groups attached to an aromatic ring is 2. The number of anilines is 5. The lowest BCUT2D eigenvalue weighted by molar-refractivity contribution is -0.167. The molecule has 0 spiro atoms. The van der Waals surface area contributed by atoms with Crippen molar-refractivity contribution in [2.75, 3.05) is 132 Å². The molecule has 6 aliphatic rings. The van der Waals surface area contributed by atoms with E-state index in [0.717, 1.165) is 40.7 Å². The molecule has 6 aromatic rings. The van der Waals surface area contributed by atoms with E-state index in [9.17, 15) is 43.5 Å². The van der Waals surface area contributed by atoms with Crippen LogP contribution in [-0.2, 0) is 92.7 Å². The fraction of sp³-hybridized carbons (Fsp3) is 0.558. The van der Waals surface area contributed by atoms with Crippen molar-refractivity contribution < 1.29 is 85.8 Å². The lowest BCUT2D eigenvalue weighted by atomic mass is 9.83. The average Bonchev–Trinajstić information content (AvgIpc) is 1.44. The maximum absolute atomic E-state index is 14.4. The summed E-state index contributed by atoms with van der Waals surface area (Å²) in [5, 5.41) is 29.2. The van der Waals surface area contributed by atoms with Crippen LogP contribution in [-0.4, -0.2) is 251 Å². The molecule has 9 atom stereocenters. The first-order valence-corrected chi connectivity index (χ1v) is 45.7. The van der Waals surface area contributed by atoms with Gasteiger partial charge in [-0.1, -0.05) is 75.4 Å². The van der Waals surface area contributed by atoms with Crippen molar-refractivity contribution in [3.8, 4) is 0 Å². The van der Waals surface area contributed by atoms with Crippen molar-refractivity contribution in [1.82, 2.24) is 55.3 Å². The third-order valence-electron chi connectivity index (χ3n) is 24.9. The number of rotatable bonds is 30. The van der Waals surface area contributed by atoms with Gasteiger partial charge in [0.05, 0.1) is 88.0 Å². The van der Waals surface area contributed by atoms with Gasteiger partial charge in [-0.05, 0) is 162 Å². The number of nitrogens with two attached hydrogens (primary N) is 2. The molecule has 9 heterocycles. The summed E-state index contributed by atoms with van der Waals surface area (Å²) in [6, 6.07) is 10.3. The molecule has 3 saturated heterocycles. The number of carbonyl (C=O) groups excluding carboxylic acids is 8. The summed E-state index contributed by atoms with van der Waals surface area (Å²) in [6.45, 7) is 16.2. The van der Waals surface area contributed by atoms with E-state index in [0.29, 0.717) is 220 Å². The number of oxazole rings is 1. The Morgan fingerprint density at radius 2 is 1.38 bits per heavy atom. The number of carbonyl (C=O) groups is 8. The van der Waals surface area contributed by atoms with Crippen LogP contribution in [0.15, 0.2) is 120 Å². The Labute approximate surface area is 758 Å². The van der Waals surface area contributed by atoms with Crippen LogP contribution in [0.5, 0.6) is 0 Å². The Kier molecular flexibility index (Phi) is 36.9. The highest BCUT2D eigenvalue weighted by molar-refractivity contribution is 6.38. The number of piperazine rings is 1. The van der Waals surface area contributed by atoms with Gasteiger partial charge < -0.3 is 94.4 Å². The fourth-order valence-electron chi connectivity index (χ4n) is 17.3. The summed E-state index contributed by atoms with van der Waals surface area (Å²) in [5.74, 6) is -1.83. The molecule has 35 heteroatoms. The van der Waals surface area contributed by atoms with E-state index in [4.69, 9.17) is 59.2 Å². The number of nitrogens with zero attached hydrogens (tertiary/aromatic N) is 11. The van der Waals surface area contributed by atoms with Crippen molar-refractivity contribution in [1.29, 1.82) is 5.41 Å². The summed E-state index contributed by atoms with van der Waals surface area (Å²) < 4.78 is 52.2. The summed E-state index contributed by atoms with van der Waals surface area (Å²) in [7, 11) is 1.63. The number of ketones is 3. The van der Waals surface area contributed by atoms with Crippen molar-refractivity contribution in [2.24, 2.45) is 23.7 Å². The number of benzene rings is 2. The van der Waals surface area contributed by atoms with Crippen molar-refractivity contribution in [2.45, 2.75) is 212 Å². The molecule has 4 fully saturated rings. The minimum Gasteiger partial charge on any atom is -0.460 e. The Hall–Kier alpha value is -11.3. The lowest BCUT2D eigenvalue weighted by Gasteiger charge is -2.36. The molecule has 0 radical (unpaired) electrons. The zero-order chi connectivity index (χ0) is 92.0. The first-order valence-electron chi connectivity index (χ1n) is 45.7. The highest BCUT2D eigenvalue weighted by Gasteiger charge is 2.42. The number of esters is 1. The fourth-order valence-corrected chi connectivity index (χ4v) is 17.3. The number of hydrogen-bond acceptors (Lipinski definition) is 31. The van der Waals surface area contributed by atoms with Crippen molar-refractivity contribution in [3.05, 3.63) is 154 Å². The molecule has 2 unspecified atom stereocenters. The number of ether oxygens (including phenoxy) is 8. The van der Waals surface area contributed by atoms with Gasteiger partial charge >= 0.3 is 12.1 Å². The minimum absolute atomic E-state index is 0.0385. The predicted molar refractivity (Wildman–Crippen MR) is 486 cm³/mol. The highest BCUT2D eigenvalue weighted by atomic mass is 16.6. The number of allylic oxidation sites excluding steroid dienone is 6. The second-order valence-corrected chi connectivity index (χ2v) is 34.6. The molecule has 4 aromatic heterocycles. The number of aliphatic hydroxyl groups is 1. The van der Waals surface area contributed by atoms with Crippen LogP contribution >= 0.6 is 0 Å². The number of amides is 4. The summed E-state index contributed by atoms with van der Waals surface area (Å²) >= 11 is 0. The van der Waals surface area contributed by atoms with Crippen LogP contribution in [0.4, 0.5) is 34.3 Å². The lowest BCUT2D eigenvalue weighted by Crippen LogP contribution is -2.54. The second kappa shape index (κ2) is 49.1. The molecule has 1 saturated carbocycles. The molecule has 35 nitrogen and oxygen atoms in total. The predicted octanol–water partition coefficient (Wildman–Crippen LogP) is 9.85. The zero-order valence-corrected chi connectivity index (χ0v) is 75.6. The van der Waals surface area contributed by atoms with E-state index in [2.05, 4.69) is 66.7 Å². The van der Waals surface area contributed by atoms with Gasteiger partial charge in [-0.3, -0.25) is 34.2 Å². The van der Waals surface area contributed by atoms with Gasteiger partial charge in [-0.25, -0.2) is 39.5 Å². The van der Waals surface area contributed by atoms with Crippen molar-refractivity contribution in [3.63, 3.8) is 0 Å². The molecule has 1 aliphatic carbocycles. The Balaban J connectivity index is 0.479. The molecule has 5 aliphatic heterocycles. The van der Waals surface area contributed by atoms with E-state index < -0.39 is 54.0 Å². The maximum Gasteiger partial charge on any atom is 0.407 e. The third-order valence-corrected chi connectivity index (χ3v) is 24.9. The maximum atomic E-state index is 14.4. The number of hydrogen-bond donors (Lipinski definition) is 7. The number of nitrogens with one attached hydrogen (secondary N) is 4. The van der Waals surface area contributed by atoms with Gasteiger partial charge in [-0.15, -0.1) is 0 Å². The first-order chi connectivity index (χ1) is 62.9. The number of alkyl carbamates (subject to hydrolysis) is 1. The SMILES string of the molecule is CO[C@H]1CC2CCCC(O2)C(=O)C(=O)N2CCCC[C@H]2C(=O)O[C@H](CC[C@H]2CC[C@H](OC(=O)NCCOCCOCCOCCOCCC(=O)NCc3cnc(N4CCN(c5ncc(C(=O)N6CCc7cc(CNc8ncnc(N)c8C(=N)c8ccc9oc(N)nc9c8)ccc7C6)cn5)CC4)nc3)CC2)CC(=O)[C@H](C)/C=C(\C)[C@@H](O)CC(=O)[C@H](C)C[C@H](C)/C=C/C=C/C=C/1C. The smallest absolute Gasteiger partial charge is 0.407 e. The van der Waals surface area contributed by atoms with Gasteiger partial charge in [0.2, 0.25) is 23.6 Å². The number of aliphatic hydroxyl groups excluding tert-OH is 1. The van der Waals surface area contributed by atoms with E-state index >= 15 is 0 Å². The largest absolute Gasteiger partial charge is 0.460 e. The van der Waals surface area contributed by atoms with Gasteiger partial charge in [0, 0.05) is 146 Å². The van der Waals surface area contributed by atoms with Gasteiger partial charge in [0.15, 0.2) is 5.58 Å². The van der Waals surface area contributed by atoms with Crippen LogP contribution in [0.3, 0.4) is 0 Å². The van der Waals surface area contributed by atoms with Crippen molar-refractivity contribution >= 4 is 93.5 Å². The van der Waals surface area contributed by atoms with E-state index in [1.807, 2.05) is 68.2 Å². The summed E-state index contributed by atoms with van der Waals surface area (Å²) in [4.78, 5) is 148. The van der Waals surface area contributed by atoms with Gasteiger partial charge in [-0.2, -0.15) is 4.98 Å². The molecule has 12 rings (SSSR count). The second-order valence-electron chi connectivity index (χ2n) is 34.6. The van der Waals surface area contributed by atoms with E-state index in [1.165, 1.54) is 11.2 Å². The summed E-state index contributed by atoms with van der Waals surface area (Å²) in [6.07, 6.45) is 23.6. The van der Waals surface area contributed by atoms with Gasteiger partial charge in [0.1, 0.15) is 59.4 Å². The molecule has 2 bridgehead atoms.